The molecule has 1 amide bonds. The third-order valence-electron chi connectivity index (χ3n) is 3.84. The number of benzene rings is 2. The molecule has 21 heavy (non-hydrogen) atoms. The topological polar surface area (TPSA) is 36.1 Å². The van der Waals surface area contributed by atoms with Gasteiger partial charge in [-0.25, -0.2) is 0 Å². The molecule has 0 bridgehead atoms. The zero-order valence-electron chi connectivity index (χ0n) is 12.5. The summed E-state index contributed by atoms with van der Waals surface area (Å²) in [6.45, 7) is 4.09. The molecule has 0 aliphatic rings. The Hall–Kier alpha value is -2.55. The maximum atomic E-state index is 12.8. The second kappa shape index (κ2) is 5.09. The molecule has 1 N–H and O–H groups in total. The van der Waals surface area contributed by atoms with E-state index in [1.54, 1.807) is 4.90 Å². The minimum atomic E-state index is 0.00662. The van der Waals surface area contributed by atoms with Crippen molar-refractivity contribution in [1.29, 1.82) is 0 Å². The van der Waals surface area contributed by atoms with Crippen LogP contribution in [0.4, 0.5) is 5.69 Å². The first-order valence-electron chi connectivity index (χ1n) is 6.99. The van der Waals surface area contributed by atoms with Crippen LogP contribution in [0.15, 0.2) is 48.7 Å². The van der Waals surface area contributed by atoms with E-state index in [1.165, 1.54) is 5.56 Å². The summed E-state index contributed by atoms with van der Waals surface area (Å²) in [4.78, 5) is 17.7. The molecule has 0 aliphatic carbocycles. The number of nitrogens with zero attached hydrogens (tertiary/aromatic N) is 1. The maximum absolute atomic E-state index is 12.8. The van der Waals surface area contributed by atoms with E-state index in [-0.39, 0.29) is 5.91 Å². The normalized spacial score (nSPS) is 10.8. The maximum Gasteiger partial charge on any atom is 0.258 e. The lowest BCUT2D eigenvalue weighted by Gasteiger charge is -2.20. The highest BCUT2D eigenvalue weighted by Gasteiger charge is 2.17. The van der Waals surface area contributed by atoms with Gasteiger partial charge in [0.1, 0.15) is 0 Å². The number of hydrogen-bond donors (Lipinski definition) is 1. The van der Waals surface area contributed by atoms with E-state index in [0.29, 0.717) is 0 Å². The zero-order chi connectivity index (χ0) is 15.0. The monoisotopic (exact) mass is 278 g/mol. The van der Waals surface area contributed by atoms with Crippen LogP contribution in [-0.4, -0.2) is 17.9 Å². The van der Waals surface area contributed by atoms with E-state index in [2.05, 4.69) is 18.0 Å². The first kappa shape index (κ1) is 13.4. The first-order valence-corrected chi connectivity index (χ1v) is 6.99. The summed E-state index contributed by atoms with van der Waals surface area (Å²) < 4.78 is 0. The van der Waals surface area contributed by atoms with Crippen LogP contribution in [0.2, 0.25) is 0 Å². The van der Waals surface area contributed by atoms with Gasteiger partial charge in [0.15, 0.2) is 0 Å². The van der Waals surface area contributed by atoms with Gasteiger partial charge in [0.25, 0.3) is 5.91 Å². The molecular weight excluding hydrogens is 260 g/mol. The average molecular weight is 278 g/mol. The van der Waals surface area contributed by atoms with Crippen molar-refractivity contribution in [2.24, 2.45) is 0 Å². The number of rotatable bonds is 2. The van der Waals surface area contributed by atoms with E-state index in [1.807, 2.05) is 56.6 Å². The Morgan fingerprint density at radius 2 is 1.90 bits per heavy atom. The Morgan fingerprint density at radius 3 is 2.67 bits per heavy atom. The van der Waals surface area contributed by atoms with E-state index in [9.17, 15) is 4.79 Å². The molecule has 0 unspecified atom stereocenters. The number of H-pyrrole nitrogens is 1. The number of nitrogens with one attached hydrogen (secondary N) is 1. The number of fused-ring (bicyclic) bond motifs is 1. The number of aryl methyl sites for hydroxylation is 2. The van der Waals surface area contributed by atoms with Crippen LogP contribution in [0, 0.1) is 13.8 Å². The van der Waals surface area contributed by atoms with Gasteiger partial charge in [-0.1, -0.05) is 23.8 Å². The summed E-state index contributed by atoms with van der Waals surface area (Å²) in [6.07, 6.45) is 1.86. The number of anilines is 1. The van der Waals surface area contributed by atoms with E-state index in [4.69, 9.17) is 0 Å². The summed E-state index contributed by atoms with van der Waals surface area (Å²) in [6, 6.07) is 13.8. The van der Waals surface area contributed by atoms with Gasteiger partial charge < -0.3 is 9.88 Å². The molecule has 0 radical (unpaired) electrons. The van der Waals surface area contributed by atoms with Gasteiger partial charge in [0.05, 0.1) is 0 Å². The van der Waals surface area contributed by atoms with Gasteiger partial charge in [-0.2, -0.15) is 0 Å². The number of aromatic nitrogens is 1. The average Bonchev–Trinajstić information content (AvgIpc) is 2.94. The molecule has 0 aliphatic heterocycles. The minimum absolute atomic E-state index is 0.00662. The number of amides is 1. The van der Waals surface area contributed by atoms with E-state index < -0.39 is 0 Å². The van der Waals surface area contributed by atoms with Gasteiger partial charge in [-0.3, -0.25) is 4.79 Å². The molecule has 1 heterocycles. The molecule has 0 spiro atoms. The van der Waals surface area contributed by atoms with E-state index >= 15 is 0 Å². The molecular formula is C18H18N2O. The van der Waals surface area contributed by atoms with Gasteiger partial charge in [-0.15, -0.1) is 0 Å². The van der Waals surface area contributed by atoms with Gasteiger partial charge in [0, 0.05) is 35.4 Å². The van der Waals surface area contributed by atoms with Crippen LogP contribution < -0.4 is 4.90 Å². The van der Waals surface area contributed by atoms with Crippen molar-refractivity contribution in [1.82, 2.24) is 4.98 Å². The fourth-order valence-electron chi connectivity index (χ4n) is 2.74. The van der Waals surface area contributed by atoms with Crippen molar-refractivity contribution in [2.45, 2.75) is 13.8 Å². The molecule has 0 atom stereocenters. The third kappa shape index (κ3) is 2.31. The van der Waals surface area contributed by atoms with Gasteiger partial charge in [0.2, 0.25) is 0 Å². The highest BCUT2D eigenvalue weighted by molar-refractivity contribution is 6.13. The summed E-state index contributed by atoms with van der Waals surface area (Å²) in [5.74, 6) is 0.00662. The van der Waals surface area contributed by atoms with Crippen molar-refractivity contribution < 1.29 is 4.79 Å². The van der Waals surface area contributed by atoms with Gasteiger partial charge in [-0.05, 0) is 43.7 Å². The van der Waals surface area contributed by atoms with Crippen LogP contribution in [0.3, 0.4) is 0 Å². The predicted molar refractivity (Wildman–Crippen MR) is 86.9 cm³/mol. The Labute approximate surface area is 124 Å². The highest BCUT2D eigenvalue weighted by Crippen LogP contribution is 2.24. The van der Waals surface area contributed by atoms with Crippen molar-refractivity contribution in [3.05, 3.63) is 65.4 Å². The fourth-order valence-corrected chi connectivity index (χ4v) is 2.74. The number of hydrogen-bond acceptors (Lipinski definition) is 1. The second-order valence-corrected chi connectivity index (χ2v) is 5.40. The zero-order valence-corrected chi connectivity index (χ0v) is 12.5. The van der Waals surface area contributed by atoms with Crippen LogP contribution in [0.5, 0.6) is 0 Å². The lowest BCUT2D eigenvalue weighted by atomic mass is 10.1. The number of carbonyl (C=O) groups is 1. The quantitative estimate of drug-likeness (QED) is 0.754. The van der Waals surface area contributed by atoms with Crippen molar-refractivity contribution in [2.75, 3.05) is 11.9 Å². The summed E-state index contributed by atoms with van der Waals surface area (Å²) in [7, 11) is 1.82. The molecule has 3 aromatic rings. The van der Waals surface area contributed by atoms with E-state index in [0.717, 1.165) is 27.7 Å². The molecule has 0 saturated heterocycles. The lowest BCUT2D eigenvalue weighted by Crippen LogP contribution is -2.27. The van der Waals surface area contributed by atoms with Crippen LogP contribution in [0.25, 0.3) is 10.9 Å². The van der Waals surface area contributed by atoms with Crippen LogP contribution in [0.1, 0.15) is 21.5 Å². The molecule has 2 aromatic carbocycles. The molecule has 106 valence electrons. The minimum Gasteiger partial charge on any atom is -0.361 e. The van der Waals surface area contributed by atoms with Crippen LogP contribution >= 0.6 is 0 Å². The smallest absolute Gasteiger partial charge is 0.258 e. The molecule has 3 rings (SSSR count). The van der Waals surface area contributed by atoms with Crippen LogP contribution in [-0.2, 0) is 0 Å². The molecule has 3 nitrogen and oxygen atoms in total. The number of carbonyl (C=O) groups excluding carboxylic acids is 1. The van der Waals surface area contributed by atoms with Crippen molar-refractivity contribution in [3.8, 4) is 0 Å². The first-order chi connectivity index (χ1) is 10.1. The Bertz CT molecular complexity index is 817. The molecule has 0 saturated carbocycles. The Balaban J connectivity index is 2.03. The standard InChI is InChI=1S/C18H18N2O/c1-12-7-8-17(13(2)11-12)20(3)18(21)15-5-4-6-16-14(15)9-10-19-16/h4-11,19H,1-3H3. The number of aromatic amines is 1. The SMILES string of the molecule is Cc1ccc(N(C)C(=O)c2cccc3[nH]ccc23)c(C)c1. The molecule has 1 aromatic heterocycles. The Kier molecular flexibility index (Phi) is 3.26. The summed E-state index contributed by atoms with van der Waals surface area (Å²) in [5.41, 5.74) is 4.95. The van der Waals surface area contributed by atoms with Crippen molar-refractivity contribution in [3.63, 3.8) is 0 Å². The molecule has 3 heteroatoms. The fraction of sp³-hybridized carbons (Fsp3) is 0.167. The summed E-state index contributed by atoms with van der Waals surface area (Å²) >= 11 is 0. The highest BCUT2D eigenvalue weighted by atomic mass is 16.2. The van der Waals surface area contributed by atoms with Crippen molar-refractivity contribution >= 4 is 22.5 Å². The molecule has 0 fully saturated rings. The summed E-state index contributed by atoms with van der Waals surface area (Å²) in [5, 5.41) is 0.958. The largest absolute Gasteiger partial charge is 0.361 e. The van der Waals surface area contributed by atoms with Gasteiger partial charge >= 0.3 is 0 Å². The predicted octanol–water partition coefficient (Wildman–Crippen LogP) is 4.06. The lowest BCUT2D eigenvalue weighted by molar-refractivity contribution is 0.0994. The second-order valence-electron chi connectivity index (χ2n) is 5.40. The third-order valence-corrected chi connectivity index (χ3v) is 3.84. The Morgan fingerprint density at radius 1 is 1.10 bits per heavy atom.